The minimum atomic E-state index is -1.24. The number of benzene rings is 2. The zero-order valence-electron chi connectivity index (χ0n) is 16.4. The van der Waals surface area contributed by atoms with Gasteiger partial charge in [-0.1, -0.05) is 24.3 Å². The molecule has 10 heteroatoms. The number of hydrogen-bond acceptors (Lipinski definition) is 6. The summed E-state index contributed by atoms with van der Waals surface area (Å²) in [5, 5.41) is 15.9. The summed E-state index contributed by atoms with van der Waals surface area (Å²) < 4.78 is 5.30. The average molecular weight is 412 g/mol. The first-order valence-corrected chi connectivity index (χ1v) is 9.04. The summed E-state index contributed by atoms with van der Waals surface area (Å²) in [5.41, 5.74) is -0.499. The molecule has 0 radical (unpaired) electrons. The van der Waals surface area contributed by atoms with E-state index in [9.17, 15) is 24.5 Å². The van der Waals surface area contributed by atoms with Crippen molar-refractivity contribution in [1.29, 1.82) is 0 Å². The van der Waals surface area contributed by atoms with Gasteiger partial charge in [-0.3, -0.25) is 24.6 Å². The van der Waals surface area contributed by atoms with Crippen LogP contribution in [-0.4, -0.2) is 46.9 Å². The van der Waals surface area contributed by atoms with E-state index in [4.69, 9.17) is 4.74 Å². The van der Waals surface area contributed by atoms with Crippen LogP contribution in [0.25, 0.3) is 0 Å². The quantitative estimate of drug-likeness (QED) is 0.407. The molecule has 1 heterocycles. The lowest BCUT2D eigenvalue weighted by molar-refractivity contribution is -0.384. The lowest BCUT2D eigenvalue weighted by atomic mass is 9.92. The number of anilines is 1. The van der Waals surface area contributed by atoms with Crippen LogP contribution < -0.4 is 15.4 Å². The molecular formula is C20H20N4O6. The van der Waals surface area contributed by atoms with Crippen LogP contribution in [0.2, 0.25) is 0 Å². The molecule has 0 spiro atoms. The molecule has 0 saturated carbocycles. The van der Waals surface area contributed by atoms with Crippen molar-refractivity contribution in [3.05, 3.63) is 64.2 Å². The van der Waals surface area contributed by atoms with Crippen LogP contribution in [0.4, 0.5) is 16.2 Å². The summed E-state index contributed by atoms with van der Waals surface area (Å²) in [6.07, 6.45) is 0.185. The fraction of sp³-hybridized carbons (Fsp3) is 0.250. The molecule has 1 aliphatic heterocycles. The highest BCUT2D eigenvalue weighted by atomic mass is 16.6. The molecule has 0 aliphatic carbocycles. The smallest absolute Gasteiger partial charge is 0.325 e. The Morgan fingerprint density at radius 1 is 1.23 bits per heavy atom. The van der Waals surface area contributed by atoms with Gasteiger partial charge in [0.25, 0.3) is 11.6 Å². The molecule has 0 bridgehead atoms. The molecular weight excluding hydrogens is 392 g/mol. The molecule has 1 aliphatic rings. The third-order valence-electron chi connectivity index (χ3n) is 4.72. The van der Waals surface area contributed by atoms with E-state index >= 15 is 0 Å². The second kappa shape index (κ2) is 8.19. The molecule has 2 aromatic carbocycles. The van der Waals surface area contributed by atoms with Crippen LogP contribution in [0.5, 0.6) is 5.75 Å². The Balaban J connectivity index is 1.70. The Labute approximate surface area is 172 Å². The van der Waals surface area contributed by atoms with Gasteiger partial charge in [0, 0.05) is 24.2 Å². The van der Waals surface area contributed by atoms with Gasteiger partial charge in [-0.15, -0.1) is 0 Å². The normalized spacial score (nSPS) is 18.1. The van der Waals surface area contributed by atoms with Gasteiger partial charge in [-0.25, -0.2) is 4.79 Å². The van der Waals surface area contributed by atoms with Gasteiger partial charge in [0.15, 0.2) is 0 Å². The fourth-order valence-electron chi connectivity index (χ4n) is 3.28. The number of non-ortho nitro benzene ring substituents is 1. The maximum atomic E-state index is 12.9. The maximum Gasteiger partial charge on any atom is 0.325 e. The van der Waals surface area contributed by atoms with E-state index in [1.165, 1.54) is 31.4 Å². The van der Waals surface area contributed by atoms with Gasteiger partial charge in [0.05, 0.1) is 12.0 Å². The third kappa shape index (κ3) is 4.22. The molecule has 0 unspecified atom stereocenters. The number of nitro benzene ring substituents is 1. The fourth-order valence-corrected chi connectivity index (χ4v) is 3.28. The monoisotopic (exact) mass is 412 g/mol. The highest BCUT2D eigenvalue weighted by molar-refractivity contribution is 6.10. The SMILES string of the molecule is COc1ccccc1C[C@@]1(C)NC(=O)N(CC(=O)Nc2cccc([N+](=O)[O-])c2)C1=O. The first kappa shape index (κ1) is 20.8. The number of nitro groups is 1. The number of nitrogens with zero attached hydrogens (tertiary/aromatic N) is 2. The van der Waals surface area contributed by atoms with Crippen molar-refractivity contribution in [2.45, 2.75) is 18.9 Å². The molecule has 0 aromatic heterocycles. The van der Waals surface area contributed by atoms with Gasteiger partial charge >= 0.3 is 6.03 Å². The van der Waals surface area contributed by atoms with Crippen LogP contribution in [0.15, 0.2) is 48.5 Å². The molecule has 2 N–H and O–H groups in total. The van der Waals surface area contributed by atoms with Crippen LogP contribution in [0, 0.1) is 10.1 Å². The summed E-state index contributed by atoms with van der Waals surface area (Å²) in [5.74, 6) is -0.615. The zero-order chi connectivity index (χ0) is 21.9. The van der Waals surface area contributed by atoms with Gasteiger partial charge < -0.3 is 15.4 Å². The van der Waals surface area contributed by atoms with E-state index in [1.54, 1.807) is 31.2 Å². The van der Waals surface area contributed by atoms with Gasteiger partial charge in [0.2, 0.25) is 5.91 Å². The van der Waals surface area contributed by atoms with Gasteiger partial charge in [-0.2, -0.15) is 0 Å². The predicted molar refractivity (Wildman–Crippen MR) is 107 cm³/mol. The molecule has 1 saturated heterocycles. The molecule has 1 fully saturated rings. The van der Waals surface area contributed by atoms with E-state index in [0.29, 0.717) is 5.75 Å². The standard InChI is InChI=1S/C20H20N4O6/c1-20(11-13-6-3-4-9-16(13)30-2)18(26)23(19(27)22-20)12-17(25)21-14-7-5-8-15(10-14)24(28)29/h3-10H,11-12H2,1-2H3,(H,21,25)(H,22,27)/t20-/m1/s1. The summed E-state index contributed by atoms with van der Waals surface area (Å²) in [6.45, 7) is 1.06. The summed E-state index contributed by atoms with van der Waals surface area (Å²) in [4.78, 5) is 48.7. The second-order valence-electron chi connectivity index (χ2n) is 7.00. The highest BCUT2D eigenvalue weighted by Gasteiger charge is 2.48. The number of methoxy groups -OCH3 is 1. The second-order valence-corrected chi connectivity index (χ2v) is 7.00. The molecule has 1 atom stereocenters. The van der Waals surface area contributed by atoms with E-state index in [2.05, 4.69) is 10.6 Å². The first-order chi connectivity index (χ1) is 14.2. The maximum absolute atomic E-state index is 12.9. The number of amides is 4. The van der Waals surface area contributed by atoms with Crippen molar-refractivity contribution >= 4 is 29.2 Å². The molecule has 2 aromatic rings. The van der Waals surface area contributed by atoms with Crippen LogP contribution in [-0.2, 0) is 16.0 Å². The molecule has 4 amide bonds. The number of ether oxygens (including phenoxy) is 1. The number of imide groups is 1. The van der Waals surface area contributed by atoms with Crippen LogP contribution in [0.3, 0.4) is 0 Å². The molecule has 10 nitrogen and oxygen atoms in total. The van der Waals surface area contributed by atoms with Crippen molar-refractivity contribution in [3.63, 3.8) is 0 Å². The third-order valence-corrected chi connectivity index (χ3v) is 4.72. The summed E-state index contributed by atoms with van der Waals surface area (Å²) in [6, 6.07) is 11.8. The number of carbonyl (C=O) groups is 3. The number of hydrogen-bond donors (Lipinski definition) is 2. The number of urea groups is 1. The Morgan fingerprint density at radius 2 is 1.97 bits per heavy atom. The molecule has 156 valence electrons. The molecule has 3 rings (SSSR count). The Bertz CT molecular complexity index is 1020. The van der Waals surface area contributed by atoms with E-state index in [-0.39, 0.29) is 17.8 Å². The average Bonchev–Trinajstić information content (AvgIpc) is 2.91. The van der Waals surface area contributed by atoms with E-state index in [0.717, 1.165) is 10.5 Å². The van der Waals surface area contributed by atoms with Crippen molar-refractivity contribution in [3.8, 4) is 5.75 Å². The van der Waals surface area contributed by atoms with Crippen molar-refractivity contribution in [1.82, 2.24) is 10.2 Å². The van der Waals surface area contributed by atoms with Gasteiger partial charge in [0.1, 0.15) is 17.8 Å². The minimum Gasteiger partial charge on any atom is -0.496 e. The predicted octanol–water partition coefficient (Wildman–Crippen LogP) is 2.10. The minimum absolute atomic E-state index is 0.185. The summed E-state index contributed by atoms with van der Waals surface area (Å²) in [7, 11) is 1.51. The van der Waals surface area contributed by atoms with Gasteiger partial charge in [-0.05, 0) is 24.6 Å². The number of nitrogens with one attached hydrogen (secondary N) is 2. The highest BCUT2D eigenvalue weighted by Crippen LogP contribution is 2.27. The number of carbonyl (C=O) groups excluding carboxylic acids is 3. The van der Waals surface area contributed by atoms with E-state index < -0.39 is 34.9 Å². The van der Waals surface area contributed by atoms with Crippen molar-refractivity contribution < 1.29 is 24.0 Å². The topological polar surface area (TPSA) is 131 Å². The number of rotatable bonds is 7. The van der Waals surface area contributed by atoms with Crippen LogP contribution >= 0.6 is 0 Å². The lowest BCUT2D eigenvalue weighted by Crippen LogP contribution is -2.46. The Hall–Kier alpha value is -3.95. The molecule has 30 heavy (non-hydrogen) atoms. The van der Waals surface area contributed by atoms with Crippen molar-refractivity contribution in [2.75, 3.05) is 19.0 Å². The number of para-hydroxylation sites is 1. The summed E-state index contributed by atoms with van der Waals surface area (Å²) >= 11 is 0. The largest absolute Gasteiger partial charge is 0.496 e. The van der Waals surface area contributed by atoms with Crippen molar-refractivity contribution in [2.24, 2.45) is 0 Å². The first-order valence-electron chi connectivity index (χ1n) is 9.04. The Morgan fingerprint density at radius 3 is 2.67 bits per heavy atom. The lowest BCUT2D eigenvalue weighted by Gasteiger charge is -2.22. The van der Waals surface area contributed by atoms with Crippen LogP contribution in [0.1, 0.15) is 12.5 Å². The Kier molecular flexibility index (Phi) is 5.67. The van der Waals surface area contributed by atoms with E-state index in [1.807, 2.05) is 0 Å². The zero-order valence-corrected chi connectivity index (χ0v) is 16.4.